The lowest BCUT2D eigenvalue weighted by Crippen LogP contribution is -2.46. The van der Waals surface area contributed by atoms with Crippen LogP contribution in [0.5, 0.6) is 11.5 Å². The monoisotopic (exact) mass is 534 g/mol. The lowest BCUT2D eigenvalue weighted by Gasteiger charge is -2.43. The number of nitrogens with zero attached hydrogens (tertiary/aromatic N) is 3. The molecule has 1 saturated heterocycles. The summed E-state index contributed by atoms with van der Waals surface area (Å²) in [6, 6.07) is 18.3. The average molecular weight is 535 g/mol. The number of likely N-dealkylation sites (tertiary alicyclic amines) is 1. The number of hydrogen-bond acceptors (Lipinski definition) is 6. The fourth-order valence-electron chi connectivity index (χ4n) is 5.36. The van der Waals surface area contributed by atoms with Crippen LogP contribution in [0.2, 0.25) is 5.02 Å². The summed E-state index contributed by atoms with van der Waals surface area (Å²) in [5.41, 5.74) is 5.67. The summed E-state index contributed by atoms with van der Waals surface area (Å²) in [4.78, 5) is 26.9. The molecule has 0 radical (unpaired) electrons. The van der Waals surface area contributed by atoms with Gasteiger partial charge >= 0.3 is 0 Å². The summed E-state index contributed by atoms with van der Waals surface area (Å²) in [5, 5.41) is 4.70. The smallest absolute Gasteiger partial charge is 0.277 e. The van der Waals surface area contributed by atoms with E-state index in [9.17, 15) is 9.59 Å². The van der Waals surface area contributed by atoms with Crippen LogP contribution >= 0.6 is 11.6 Å². The number of ether oxygens (including phenoxy) is 2. The highest BCUT2D eigenvalue weighted by atomic mass is 35.5. The first-order valence-corrected chi connectivity index (χ1v) is 13.2. The van der Waals surface area contributed by atoms with E-state index in [2.05, 4.69) is 21.5 Å². The van der Waals surface area contributed by atoms with E-state index in [-0.39, 0.29) is 18.1 Å². The molecule has 2 aliphatic heterocycles. The van der Waals surface area contributed by atoms with Crippen LogP contribution in [0.3, 0.4) is 0 Å². The molecule has 0 spiro atoms. The van der Waals surface area contributed by atoms with E-state index in [1.165, 1.54) is 0 Å². The lowest BCUT2D eigenvalue weighted by molar-refractivity contribution is -0.123. The zero-order valence-electron chi connectivity index (χ0n) is 21.3. The van der Waals surface area contributed by atoms with Gasteiger partial charge in [-0.05, 0) is 73.4 Å². The van der Waals surface area contributed by atoms with Gasteiger partial charge in [-0.3, -0.25) is 14.5 Å². The number of aromatic nitrogens is 1. The van der Waals surface area contributed by atoms with Gasteiger partial charge < -0.3 is 14.0 Å². The van der Waals surface area contributed by atoms with Gasteiger partial charge in [0.1, 0.15) is 11.5 Å². The van der Waals surface area contributed by atoms with Crippen molar-refractivity contribution in [2.45, 2.75) is 32.4 Å². The molecule has 2 unspecified atom stereocenters. The third kappa shape index (κ3) is 6.26. The van der Waals surface area contributed by atoms with E-state index < -0.39 is 0 Å². The van der Waals surface area contributed by atoms with E-state index >= 15 is 0 Å². The van der Waals surface area contributed by atoms with Gasteiger partial charge in [-0.15, -0.1) is 0 Å². The third-order valence-electron chi connectivity index (χ3n) is 6.92. The standard InChI is InChI=1S/C29H31ClN4O4/c1-2-37-27-11-6-20(14-31-32-28(35)19-38-25-9-7-24(30)8-10-25)12-23(27)18-33-15-21-13-22(17-33)26-4-3-5-29(36)34(26)16-21/h3-12,14,21-22H,2,13,15-19H2,1H3,(H,32,35)/b31-14+. The molecule has 2 aromatic carbocycles. The molecular formula is C29H31ClN4O4. The number of pyridine rings is 1. The Morgan fingerprint density at radius 3 is 2.76 bits per heavy atom. The molecule has 9 heteroatoms. The first kappa shape index (κ1) is 26.0. The first-order chi connectivity index (χ1) is 18.5. The van der Waals surface area contributed by atoms with Crippen molar-refractivity contribution in [1.82, 2.24) is 14.9 Å². The number of benzene rings is 2. The second kappa shape index (κ2) is 11.8. The molecule has 2 bridgehead atoms. The van der Waals surface area contributed by atoms with Crippen LogP contribution in [-0.2, 0) is 17.9 Å². The molecule has 3 aromatic rings. The Balaban J connectivity index is 1.22. The number of hydrogen-bond donors (Lipinski definition) is 1. The number of nitrogens with one attached hydrogen (secondary N) is 1. The highest BCUT2D eigenvalue weighted by Gasteiger charge is 2.34. The summed E-state index contributed by atoms with van der Waals surface area (Å²) in [5.74, 6) is 1.84. The molecule has 198 valence electrons. The Morgan fingerprint density at radius 1 is 1.11 bits per heavy atom. The summed E-state index contributed by atoms with van der Waals surface area (Å²) in [6.07, 6.45) is 2.74. The second-order valence-corrected chi connectivity index (χ2v) is 10.2. The summed E-state index contributed by atoms with van der Waals surface area (Å²) < 4.78 is 13.3. The quantitative estimate of drug-likeness (QED) is 0.331. The molecule has 1 fully saturated rings. The van der Waals surface area contributed by atoms with E-state index in [1.54, 1.807) is 36.5 Å². The number of rotatable bonds is 9. The Hall–Kier alpha value is -3.62. The van der Waals surface area contributed by atoms with Crippen molar-refractivity contribution < 1.29 is 14.3 Å². The summed E-state index contributed by atoms with van der Waals surface area (Å²) in [7, 11) is 0. The second-order valence-electron chi connectivity index (χ2n) is 9.73. The molecule has 38 heavy (non-hydrogen) atoms. The number of amides is 1. The van der Waals surface area contributed by atoms with Crippen molar-refractivity contribution in [3.05, 3.63) is 92.9 Å². The van der Waals surface area contributed by atoms with Crippen LogP contribution in [0.15, 0.2) is 70.6 Å². The molecule has 3 heterocycles. The van der Waals surface area contributed by atoms with Crippen LogP contribution in [0.1, 0.15) is 36.1 Å². The Morgan fingerprint density at radius 2 is 1.95 bits per heavy atom. The van der Waals surface area contributed by atoms with Crippen LogP contribution < -0.4 is 20.5 Å². The molecule has 1 N–H and O–H groups in total. The predicted molar refractivity (Wildman–Crippen MR) is 147 cm³/mol. The molecule has 1 aromatic heterocycles. The number of carbonyl (C=O) groups excluding carboxylic acids is 1. The van der Waals surface area contributed by atoms with Gasteiger partial charge in [0.15, 0.2) is 6.61 Å². The van der Waals surface area contributed by atoms with Crippen molar-refractivity contribution >= 4 is 23.7 Å². The summed E-state index contributed by atoms with van der Waals surface area (Å²) >= 11 is 5.86. The fourth-order valence-corrected chi connectivity index (χ4v) is 5.48. The van der Waals surface area contributed by atoms with Crippen molar-refractivity contribution in [2.24, 2.45) is 11.0 Å². The normalized spacial score (nSPS) is 18.7. The zero-order chi connectivity index (χ0) is 26.5. The first-order valence-electron chi connectivity index (χ1n) is 12.9. The van der Waals surface area contributed by atoms with Gasteiger partial charge in [-0.25, -0.2) is 5.43 Å². The lowest BCUT2D eigenvalue weighted by atomic mass is 9.83. The average Bonchev–Trinajstić information content (AvgIpc) is 2.90. The van der Waals surface area contributed by atoms with E-state index in [0.717, 1.165) is 55.2 Å². The van der Waals surface area contributed by atoms with Crippen molar-refractivity contribution in [3.63, 3.8) is 0 Å². The Kier molecular flexibility index (Phi) is 8.10. The Bertz CT molecular complexity index is 1370. The van der Waals surface area contributed by atoms with Crippen LogP contribution in [0, 0.1) is 5.92 Å². The van der Waals surface area contributed by atoms with Crippen LogP contribution in [0.4, 0.5) is 0 Å². The largest absolute Gasteiger partial charge is 0.494 e. The number of carbonyl (C=O) groups is 1. The molecular weight excluding hydrogens is 504 g/mol. The maximum Gasteiger partial charge on any atom is 0.277 e. The van der Waals surface area contributed by atoms with Gasteiger partial charge in [0.25, 0.3) is 11.5 Å². The van der Waals surface area contributed by atoms with Gasteiger partial charge in [-0.2, -0.15) is 5.10 Å². The number of hydrazone groups is 1. The highest BCUT2D eigenvalue weighted by Crippen LogP contribution is 2.36. The van der Waals surface area contributed by atoms with Gasteiger partial charge in [0, 0.05) is 54.4 Å². The van der Waals surface area contributed by atoms with Crippen molar-refractivity contribution in [2.75, 3.05) is 26.3 Å². The minimum Gasteiger partial charge on any atom is -0.494 e. The maximum atomic E-state index is 12.3. The summed E-state index contributed by atoms with van der Waals surface area (Å²) in [6.45, 7) is 5.74. The third-order valence-corrected chi connectivity index (χ3v) is 7.17. The van der Waals surface area contributed by atoms with E-state index in [4.69, 9.17) is 21.1 Å². The molecule has 2 atom stereocenters. The van der Waals surface area contributed by atoms with Crippen LogP contribution in [-0.4, -0.2) is 47.9 Å². The van der Waals surface area contributed by atoms with Crippen molar-refractivity contribution in [3.8, 4) is 11.5 Å². The minimum absolute atomic E-state index is 0.0971. The molecule has 0 saturated carbocycles. The molecule has 0 aliphatic carbocycles. The topological polar surface area (TPSA) is 85.2 Å². The van der Waals surface area contributed by atoms with Gasteiger partial charge in [-0.1, -0.05) is 17.7 Å². The van der Waals surface area contributed by atoms with E-state index in [0.29, 0.717) is 29.2 Å². The zero-order valence-corrected chi connectivity index (χ0v) is 22.1. The molecule has 1 amide bonds. The highest BCUT2D eigenvalue weighted by molar-refractivity contribution is 6.30. The van der Waals surface area contributed by atoms with Crippen molar-refractivity contribution in [1.29, 1.82) is 0 Å². The fraction of sp³-hybridized carbons (Fsp3) is 0.345. The molecule has 5 rings (SSSR count). The Labute approximate surface area is 226 Å². The molecule has 2 aliphatic rings. The number of halogens is 1. The maximum absolute atomic E-state index is 12.3. The number of piperidine rings is 1. The van der Waals surface area contributed by atoms with Crippen LogP contribution in [0.25, 0.3) is 0 Å². The SMILES string of the molecule is CCOc1ccc(/C=N/NC(=O)COc2ccc(Cl)cc2)cc1CN1CC2CC(C1)c1cccc(=O)n1C2. The van der Waals surface area contributed by atoms with E-state index in [1.807, 2.05) is 35.8 Å². The molecule has 8 nitrogen and oxygen atoms in total. The predicted octanol–water partition coefficient (Wildman–Crippen LogP) is 4.05. The minimum atomic E-state index is -0.360. The van der Waals surface area contributed by atoms with Gasteiger partial charge in [0.2, 0.25) is 0 Å². The van der Waals surface area contributed by atoms with Gasteiger partial charge in [0.05, 0.1) is 12.8 Å². The number of fused-ring (bicyclic) bond motifs is 4.